The third-order valence-electron chi connectivity index (χ3n) is 2.81. The van der Waals surface area contributed by atoms with Gasteiger partial charge in [-0.25, -0.2) is 0 Å². The van der Waals surface area contributed by atoms with E-state index in [4.69, 9.17) is 5.73 Å². The van der Waals surface area contributed by atoms with Gasteiger partial charge in [0, 0.05) is 10.6 Å². The third-order valence-corrected chi connectivity index (χ3v) is 3.31. The highest BCUT2D eigenvalue weighted by Crippen LogP contribution is 2.36. The summed E-state index contributed by atoms with van der Waals surface area (Å²) in [5.41, 5.74) is 9.51. The molecular weight excluding hydrogens is 214 g/mol. The van der Waals surface area contributed by atoms with E-state index in [2.05, 4.69) is 60.2 Å². The lowest BCUT2D eigenvalue weighted by Crippen LogP contribution is -2.18. The van der Waals surface area contributed by atoms with Crippen LogP contribution < -0.4 is 5.73 Å². The van der Waals surface area contributed by atoms with Crippen LogP contribution in [0.4, 0.5) is 5.69 Å². The first kappa shape index (κ1) is 13.4. The zero-order chi connectivity index (χ0) is 12.7. The van der Waals surface area contributed by atoms with Crippen LogP contribution in [0.15, 0.2) is 17.0 Å². The number of anilines is 1. The lowest BCUT2D eigenvalue weighted by atomic mass is 9.80. The molecule has 2 heteroatoms. The number of benzene rings is 1. The Balaban J connectivity index is 3.46. The number of thiol groups is 1. The molecule has 0 atom stereocenters. The maximum atomic E-state index is 6.04. The Kier molecular flexibility index (Phi) is 3.35. The molecule has 0 saturated carbocycles. The highest BCUT2D eigenvalue weighted by Gasteiger charge is 2.22. The van der Waals surface area contributed by atoms with Gasteiger partial charge >= 0.3 is 0 Å². The van der Waals surface area contributed by atoms with Gasteiger partial charge in [0.25, 0.3) is 0 Å². The van der Waals surface area contributed by atoms with Gasteiger partial charge in [-0.2, -0.15) is 0 Å². The largest absolute Gasteiger partial charge is 0.398 e. The summed E-state index contributed by atoms with van der Waals surface area (Å²) >= 11 is 4.52. The Morgan fingerprint density at radius 2 is 1.44 bits per heavy atom. The van der Waals surface area contributed by atoms with E-state index in [1.165, 1.54) is 11.1 Å². The first-order chi connectivity index (χ1) is 7.03. The first-order valence-corrected chi connectivity index (χ1v) is 6.11. The fourth-order valence-electron chi connectivity index (χ4n) is 1.66. The Hall–Kier alpha value is -0.630. The Labute approximate surface area is 105 Å². The van der Waals surface area contributed by atoms with Gasteiger partial charge in [0.05, 0.1) is 0 Å². The summed E-state index contributed by atoms with van der Waals surface area (Å²) in [6, 6.07) is 4.27. The number of nitrogen functional groups attached to an aromatic ring is 1. The summed E-state index contributed by atoms with van der Waals surface area (Å²) in [4.78, 5) is 0.917. The maximum Gasteiger partial charge on any atom is 0.0455 e. The summed E-state index contributed by atoms with van der Waals surface area (Å²) in [6.45, 7) is 13.2. The van der Waals surface area contributed by atoms with Gasteiger partial charge < -0.3 is 5.73 Å². The molecule has 0 aliphatic heterocycles. The molecule has 0 saturated heterocycles. The number of hydrogen-bond donors (Lipinski definition) is 2. The summed E-state index contributed by atoms with van der Waals surface area (Å²) in [5.74, 6) is 0. The van der Waals surface area contributed by atoms with Crippen molar-refractivity contribution in [3.05, 3.63) is 23.3 Å². The number of nitrogens with two attached hydrogens (primary N) is 1. The van der Waals surface area contributed by atoms with E-state index in [-0.39, 0.29) is 10.8 Å². The van der Waals surface area contributed by atoms with Crippen molar-refractivity contribution in [2.24, 2.45) is 0 Å². The van der Waals surface area contributed by atoms with Gasteiger partial charge in [-0.1, -0.05) is 47.6 Å². The molecule has 0 radical (unpaired) electrons. The second-order valence-electron chi connectivity index (χ2n) is 6.46. The maximum absolute atomic E-state index is 6.04. The highest BCUT2D eigenvalue weighted by molar-refractivity contribution is 7.80. The molecule has 1 nitrogen and oxygen atoms in total. The quantitative estimate of drug-likeness (QED) is 0.514. The lowest BCUT2D eigenvalue weighted by molar-refractivity contribution is 0.561. The van der Waals surface area contributed by atoms with Gasteiger partial charge in [-0.3, -0.25) is 0 Å². The Morgan fingerprint density at radius 3 is 1.81 bits per heavy atom. The van der Waals surface area contributed by atoms with Gasteiger partial charge in [-0.05, 0) is 28.0 Å². The van der Waals surface area contributed by atoms with E-state index in [1.807, 2.05) is 6.07 Å². The normalized spacial score (nSPS) is 12.9. The van der Waals surface area contributed by atoms with Crippen LogP contribution in [-0.4, -0.2) is 0 Å². The smallest absolute Gasteiger partial charge is 0.0455 e. The first-order valence-electron chi connectivity index (χ1n) is 5.67. The average molecular weight is 237 g/mol. The van der Waals surface area contributed by atoms with E-state index in [0.29, 0.717) is 0 Å². The molecule has 0 heterocycles. The van der Waals surface area contributed by atoms with Gasteiger partial charge in [0.15, 0.2) is 0 Å². The monoisotopic (exact) mass is 237 g/mol. The van der Waals surface area contributed by atoms with Crippen molar-refractivity contribution in [3.63, 3.8) is 0 Å². The second-order valence-corrected chi connectivity index (χ2v) is 6.91. The molecule has 0 spiro atoms. The Bertz CT molecular complexity index is 394. The van der Waals surface area contributed by atoms with Crippen molar-refractivity contribution in [3.8, 4) is 0 Å². The molecule has 0 unspecified atom stereocenters. The van der Waals surface area contributed by atoms with Crippen molar-refractivity contribution in [1.82, 2.24) is 0 Å². The standard InChI is InChI=1S/C14H23NS/c1-13(2,3)9-7-10(14(4,5)6)12(16)11(15)8-9/h7-8,16H,15H2,1-6H3. The molecule has 1 aromatic rings. The van der Waals surface area contributed by atoms with Crippen molar-refractivity contribution in [1.29, 1.82) is 0 Å². The summed E-state index contributed by atoms with van der Waals surface area (Å²) in [6.07, 6.45) is 0. The predicted octanol–water partition coefficient (Wildman–Crippen LogP) is 4.15. The molecule has 2 N–H and O–H groups in total. The zero-order valence-electron chi connectivity index (χ0n) is 11.2. The predicted molar refractivity (Wildman–Crippen MR) is 75.5 cm³/mol. The molecule has 0 aromatic heterocycles. The molecule has 1 rings (SSSR count). The minimum Gasteiger partial charge on any atom is -0.398 e. The summed E-state index contributed by atoms with van der Waals surface area (Å²) in [7, 11) is 0. The van der Waals surface area contributed by atoms with Gasteiger partial charge in [0.2, 0.25) is 0 Å². The second kappa shape index (κ2) is 3.99. The van der Waals surface area contributed by atoms with Crippen LogP contribution in [0.5, 0.6) is 0 Å². The van der Waals surface area contributed by atoms with Crippen LogP contribution in [0.25, 0.3) is 0 Å². The summed E-state index contributed by atoms with van der Waals surface area (Å²) < 4.78 is 0. The number of rotatable bonds is 0. The number of hydrogen-bond acceptors (Lipinski definition) is 2. The summed E-state index contributed by atoms with van der Waals surface area (Å²) in [5, 5.41) is 0. The van der Waals surface area contributed by atoms with E-state index in [0.717, 1.165) is 10.6 Å². The Morgan fingerprint density at radius 1 is 0.938 bits per heavy atom. The fourth-order valence-corrected chi connectivity index (χ4v) is 2.13. The van der Waals surface area contributed by atoms with Crippen molar-refractivity contribution >= 4 is 18.3 Å². The minimum absolute atomic E-state index is 0.0759. The van der Waals surface area contributed by atoms with E-state index in [1.54, 1.807) is 0 Å². The molecule has 1 aromatic carbocycles. The van der Waals surface area contributed by atoms with E-state index in [9.17, 15) is 0 Å². The molecule has 0 aliphatic carbocycles. The molecule has 0 fully saturated rings. The third kappa shape index (κ3) is 2.73. The molecular formula is C14H23NS. The van der Waals surface area contributed by atoms with Crippen molar-refractivity contribution < 1.29 is 0 Å². The van der Waals surface area contributed by atoms with Crippen LogP contribution in [0, 0.1) is 0 Å². The van der Waals surface area contributed by atoms with E-state index < -0.39 is 0 Å². The molecule has 0 bridgehead atoms. The van der Waals surface area contributed by atoms with Crippen LogP contribution >= 0.6 is 12.6 Å². The van der Waals surface area contributed by atoms with Crippen LogP contribution in [-0.2, 0) is 10.8 Å². The lowest BCUT2D eigenvalue weighted by Gasteiger charge is -2.27. The van der Waals surface area contributed by atoms with Crippen molar-refractivity contribution in [2.75, 3.05) is 5.73 Å². The molecule has 0 amide bonds. The average Bonchev–Trinajstić information content (AvgIpc) is 2.05. The molecule has 90 valence electrons. The van der Waals surface area contributed by atoms with Crippen LogP contribution in [0.1, 0.15) is 52.7 Å². The SMILES string of the molecule is CC(C)(C)c1cc(N)c(S)c(C(C)(C)C)c1. The van der Waals surface area contributed by atoms with Gasteiger partial charge in [-0.15, -0.1) is 12.6 Å². The zero-order valence-corrected chi connectivity index (χ0v) is 12.1. The minimum atomic E-state index is 0.0759. The fraction of sp³-hybridized carbons (Fsp3) is 0.571. The van der Waals surface area contributed by atoms with Crippen LogP contribution in [0.3, 0.4) is 0 Å². The van der Waals surface area contributed by atoms with Gasteiger partial charge in [0.1, 0.15) is 0 Å². The molecule has 16 heavy (non-hydrogen) atoms. The van der Waals surface area contributed by atoms with E-state index >= 15 is 0 Å². The topological polar surface area (TPSA) is 26.0 Å². The van der Waals surface area contributed by atoms with Crippen molar-refractivity contribution in [2.45, 2.75) is 57.3 Å². The van der Waals surface area contributed by atoms with Crippen LogP contribution in [0.2, 0.25) is 0 Å². The highest BCUT2D eigenvalue weighted by atomic mass is 32.1. The molecule has 0 aliphatic rings.